The van der Waals surface area contributed by atoms with Crippen LogP contribution >= 0.6 is 0 Å². The maximum atomic E-state index is 12.4. The molecule has 0 bridgehead atoms. The average molecular weight is 399 g/mol. The van der Waals surface area contributed by atoms with Gasteiger partial charge in [0.25, 0.3) is 11.8 Å². The molecule has 0 unspecified atom stereocenters. The van der Waals surface area contributed by atoms with Crippen molar-refractivity contribution in [2.24, 2.45) is 4.99 Å². The maximum Gasteiger partial charge on any atom is 0.261 e. The number of benzene rings is 1. The predicted molar refractivity (Wildman–Crippen MR) is 111 cm³/mol. The van der Waals surface area contributed by atoms with Crippen molar-refractivity contribution in [3.8, 4) is 0 Å². The molecule has 3 rings (SSSR count). The van der Waals surface area contributed by atoms with E-state index in [1.54, 1.807) is 31.2 Å². The summed E-state index contributed by atoms with van der Waals surface area (Å²) in [7, 11) is 0. The number of amides is 3. The lowest BCUT2D eigenvalue weighted by Crippen LogP contribution is -2.53. The van der Waals surface area contributed by atoms with Crippen LogP contribution in [0.1, 0.15) is 47.4 Å². The minimum Gasteiger partial charge on any atom is -0.357 e. The number of nitrogens with one attached hydrogen (secondary N) is 1. The largest absolute Gasteiger partial charge is 0.357 e. The van der Waals surface area contributed by atoms with E-state index in [9.17, 15) is 14.4 Å². The van der Waals surface area contributed by atoms with Crippen molar-refractivity contribution in [3.63, 3.8) is 0 Å². The predicted octanol–water partition coefficient (Wildman–Crippen LogP) is 1.19. The molecule has 2 aliphatic heterocycles. The molecule has 2 aliphatic rings. The average Bonchev–Trinajstić information content (AvgIpc) is 2.98. The summed E-state index contributed by atoms with van der Waals surface area (Å²) >= 11 is 0. The van der Waals surface area contributed by atoms with Gasteiger partial charge in [0.2, 0.25) is 5.91 Å². The molecule has 1 N–H and O–H groups in total. The van der Waals surface area contributed by atoms with Crippen LogP contribution in [0, 0.1) is 0 Å². The molecule has 0 saturated carbocycles. The summed E-state index contributed by atoms with van der Waals surface area (Å²) in [6.45, 7) is 8.39. The van der Waals surface area contributed by atoms with Crippen LogP contribution in [-0.2, 0) is 4.79 Å². The van der Waals surface area contributed by atoms with Crippen molar-refractivity contribution in [1.29, 1.82) is 0 Å². The van der Waals surface area contributed by atoms with Crippen molar-refractivity contribution >= 4 is 23.7 Å². The Hall–Kier alpha value is -2.90. The van der Waals surface area contributed by atoms with Crippen LogP contribution in [0.3, 0.4) is 0 Å². The molecule has 1 fully saturated rings. The van der Waals surface area contributed by atoms with Crippen LogP contribution in [0.25, 0.3) is 0 Å². The van der Waals surface area contributed by atoms with Gasteiger partial charge in [0.15, 0.2) is 5.96 Å². The topological polar surface area (TPSA) is 85.3 Å². The fourth-order valence-electron chi connectivity index (χ4n) is 3.67. The molecule has 0 aromatic heterocycles. The molecule has 3 amide bonds. The Morgan fingerprint density at radius 3 is 2.14 bits per heavy atom. The van der Waals surface area contributed by atoms with Crippen molar-refractivity contribution in [3.05, 3.63) is 35.4 Å². The number of hydrogen-bond donors (Lipinski definition) is 1. The highest BCUT2D eigenvalue weighted by molar-refractivity contribution is 6.21. The Balaban J connectivity index is 1.47. The van der Waals surface area contributed by atoms with E-state index in [1.807, 2.05) is 11.8 Å². The van der Waals surface area contributed by atoms with Crippen molar-refractivity contribution < 1.29 is 14.4 Å². The van der Waals surface area contributed by atoms with Gasteiger partial charge in [-0.25, -0.2) is 0 Å². The Bertz CT molecular complexity index is 764. The van der Waals surface area contributed by atoms with Gasteiger partial charge in [-0.3, -0.25) is 24.3 Å². The fourth-order valence-corrected chi connectivity index (χ4v) is 3.67. The van der Waals surface area contributed by atoms with E-state index < -0.39 is 0 Å². The van der Waals surface area contributed by atoms with Crippen LogP contribution in [0.2, 0.25) is 0 Å². The van der Waals surface area contributed by atoms with Crippen LogP contribution < -0.4 is 5.32 Å². The first-order valence-electron chi connectivity index (χ1n) is 10.3. The zero-order chi connectivity index (χ0) is 20.8. The molecule has 29 heavy (non-hydrogen) atoms. The maximum absolute atomic E-state index is 12.4. The van der Waals surface area contributed by atoms with Crippen LogP contribution in [0.4, 0.5) is 0 Å². The zero-order valence-electron chi connectivity index (χ0n) is 17.2. The van der Waals surface area contributed by atoms with Crippen LogP contribution in [0.5, 0.6) is 0 Å². The minimum absolute atomic E-state index is 0.111. The molecule has 8 heteroatoms. The van der Waals surface area contributed by atoms with E-state index in [-0.39, 0.29) is 17.7 Å². The molecule has 0 aliphatic carbocycles. The molecule has 0 atom stereocenters. The van der Waals surface area contributed by atoms with Gasteiger partial charge in [-0.05, 0) is 31.9 Å². The molecule has 0 spiro atoms. The van der Waals surface area contributed by atoms with Gasteiger partial charge < -0.3 is 15.1 Å². The second-order valence-corrected chi connectivity index (χ2v) is 7.24. The third-order valence-corrected chi connectivity index (χ3v) is 5.29. The first kappa shape index (κ1) is 20.8. The number of hydrogen-bond acceptors (Lipinski definition) is 4. The molecule has 0 radical (unpaired) electrons. The first-order valence-corrected chi connectivity index (χ1v) is 10.3. The van der Waals surface area contributed by atoms with E-state index in [0.717, 1.165) is 32.0 Å². The molecule has 2 heterocycles. The standard InChI is InChI=1S/C21H29N5O3/c1-3-22-21(25-14-12-24(13-15-25)16(2)27)23-10-6-7-11-26-19(28)17-8-4-5-9-18(17)20(26)29/h4-5,8-9H,3,6-7,10-15H2,1-2H3,(H,22,23). The normalized spacial score (nSPS) is 17.0. The Kier molecular flexibility index (Phi) is 6.85. The molecular formula is C21H29N5O3. The van der Waals surface area contributed by atoms with Crippen molar-refractivity contribution in [2.45, 2.75) is 26.7 Å². The minimum atomic E-state index is -0.203. The van der Waals surface area contributed by atoms with Gasteiger partial charge in [-0.15, -0.1) is 0 Å². The van der Waals surface area contributed by atoms with Crippen LogP contribution in [0.15, 0.2) is 29.3 Å². The number of fused-ring (bicyclic) bond motifs is 1. The van der Waals surface area contributed by atoms with Gasteiger partial charge >= 0.3 is 0 Å². The third kappa shape index (κ3) is 4.75. The van der Waals surface area contributed by atoms with Crippen molar-refractivity contribution in [2.75, 3.05) is 45.8 Å². The lowest BCUT2D eigenvalue weighted by Gasteiger charge is -2.36. The highest BCUT2D eigenvalue weighted by atomic mass is 16.2. The van der Waals surface area contributed by atoms with Crippen molar-refractivity contribution in [1.82, 2.24) is 20.0 Å². The first-order chi connectivity index (χ1) is 14.0. The molecule has 156 valence electrons. The van der Waals surface area contributed by atoms with E-state index in [1.165, 1.54) is 4.90 Å². The van der Waals surface area contributed by atoms with E-state index in [2.05, 4.69) is 15.2 Å². The Morgan fingerprint density at radius 2 is 1.59 bits per heavy atom. The summed E-state index contributed by atoms with van der Waals surface area (Å²) in [6.07, 6.45) is 1.50. The van der Waals surface area contributed by atoms with Gasteiger partial charge in [-0.1, -0.05) is 12.1 Å². The summed E-state index contributed by atoms with van der Waals surface area (Å²) in [4.78, 5) is 46.3. The number of carbonyl (C=O) groups is 3. The van der Waals surface area contributed by atoms with E-state index >= 15 is 0 Å². The number of imide groups is 1. The number of nitrogens with zero attached hydrogens (tertiary/aromatic N) is 4. The summed E-state index contributed by atoms with van der Waals surface area (Å²) < 4.78 is 0. The number of piperazine rings is 1. The third-order valence-electron chi connectivity index (χ3n) is 5.29. The summed E-state index contributed by atoms with van der Waals surface area (Å²) in [5, 5.41) is 3.31. The van der Waals surface area contributed by atoms with Gasteiger partial charge in [0, 0.05) is 52.7 Å². The second-order valence-electron chi connectivity index (χ2n) is 7.24. The lowest BCUT2D eigenvalue weighted by molar-refractivity contribution is -0.130. The number of aliphatic imine (C=N–C) groups is 1. The fraction of sp³-hybridized carbons (Fsp3) is 0.524. The highest BCUT2D eigenvalue weighted by Crippen LogP contribution is 2.22. The summed E-state index contributed by atoms with van der Waals surface area (Å²) in [5.41, 5.74) is 0.990. The number of rotatable bonds is 6. The summed E-state index contributed by atoms with van der Waals surface area (Å²) in [6, 6.07) is 6.96. The second kappa shape index (κ2) is 9.54. The number of carbonyl (C=O) groups excluding carboxylic acids is 3. The molecular weight excluding hydrogens is 370 g/mol. The quantitative estimate of drug-likeness (QED) is 0.336. The van der Waals surface area contributed by atoms with Gasteiger partial charge in [-0.2, -0.15) is 0 Å². The lowest BCUT2D eigenvalue weighted by atomic mass is 10.1. The molecule has 8 nitrogen and oxygen atoms in total. The van der Waals surface area contributed by atoms with E-state index in [4.69, 9.17) is 0 Å². The van der Waals surface area contributed by atoms with E-state index in [0.29, 0.717) is 43.7 Å². The monoisotopic (exact) mass is 399 g/mol. The number of unbranched alkanes of at least 4 members (excludes halogenated alkanes) is 1. The van der Waals surface area contributed by atoms with Gasteiger partial charge in [0.05, 0.1) is 11.1 Å². The van der Waals surface area contributed by atoms with Crippen LogP contribution in [-0.4, -0.2) is 84.2 Å². The molecule has 1 aromatic carbocycles. The highest BCUT2D eigenvalue weighted by Gasteiger charge is 2.34. The Labute approximate surface area is 171 Å². The summed E-state index contributed by atoms with van der Waals surface area (Å²) in [5.74, 6) is 0.563. The molecule has 1 aromatic rings. The Morgan fingerprint density at radius 1 is 1.00 bits per heavy atom. The smallest absolute Gasteiger partial charge is 0.261 e. The zero-order valence-corrected chi connectivity index (χ0v) is 17.2. The van der Waals surface area contributed by atoms with Gasteiger partial charge in [0.1, 0.15) is 0 Å². The molecule has 1 saturated heterocycles. The SMILES string of the molecule is CCNC(=NCCCCN1C(=O)c2ccccc2C1=O)N1CCN(C(C)=O)CC1. The number of guanidine groups is 1.